The third-order valence-electron chi connectivity index (χ3n) is 6.04. The Labute approximate surface area is 203 Å². The van der Waals surface area contributed by atoms with Gasteiger partial charge in [0.1, 0.15) is 5.02 Å². The lowest BCUT2D eigenvalue weighted by Crippen LogP contribution is -2.30. The molecule has 3 aromatic rings. The van der Waals surface area contributed by atoms with Crippen molar-refractivity contribution in [3.63, 3.8) is 0 Å². The number of esters is 1. The van der Waals surface area contributed by atoms with Gasteiger partial charge in [-0.15, -0.1) is 0 Å². The molecule has 1 fully saturated rings. The van der Waals surface area contributed by atoms with Crippen LogP contribution < -0.4 is 10.5 Å². The summed E-state index contributed by atoms with van der Waals surface area (Å²) in [6.07, 6.45) is 2.86. The highest BCUT2D eigenvalue weighted by Gasteiger charge is 2.29. The van der Waals surface area contributed by atoms with Gasteiger partial charge in [0.15, 0.2) is 0 Å². The van der Waals surface area contributed by atoms with Gasteiger partial charge in [-0.2, -0.15) is 0 Å². The number of carbonyl (C=O) groups is 1. The number of pyridine rings is 1. The second-order valence-electron chi connectivity index (χ2n) is 8.40. The zero-order valence-corrected chi connectivity index (χ0v) is 20.2. The number of anilines is 1. The Morgan fingerprint density at radius 1 is 1.12 bits per heavy atom. The van der Waals surface area contributed by atoms with Gasteiger partial charge in [-0.1, -0.05) is 41.4 Å². The lowest BCUT2D eigenvalue weighted by Gasteiger charge is -2.25. The van der Waals surface area contributed by atoms with E-state index < -0.39 is 0 Å². The van der Waals surface area contributed by atoms with Crippen LogP contribution in [-0.4, -0.2) is 24.7 Å². The molecular weight excluding hydrogens is 459 g/mol. The third-order valence-corrected chi connectivity index (χ3v) is 6.55. The maximum absolute atomic E-state index is 13.1. The van der Waals surface area contributed by atoms with E-state index in [1.807, 2.05) is 54.1 Å². The lowest BCUT2D eigenvalue weighted by atomic mass is 10.1. The molecule has 1 aliphatic carbocycles. The number of aromatic nitrogens is 1. The molecule has 0 bridgehead atoms. The number of rotatable bonds is 8. The average Bonchev–Trinajstić information content (AvgIpc) is 3.66. The minimum Gasteiger partial charge on any atom is -0.465 e. The van der Waals surface area contributed by atoms with E-state index in [0.717, 1.165) is 35.3 Å². The number of ether oxygens (including phenoxy) is 1. The smallest absolute Gasteiger partial charge is 0.337 e. The van der Waals surface area contributed by atoms with Gasteiger partial charge in [-0.3, -0.25) is 4.79 Å². The summed E-state index contributed by atoms with van der Waals surface area (Å²) in [6, 6.07) is 16.8. The minimum absolute atomic E-state index is 0.179. The van der Waals surface area contributed by atoms with Crippen molar-refractivity contribution < 1.29 is 9.53 Å². The minimum atomic E-state index is -0.368. The fourth-order valence-corrected chi connectivity index (χ4v) is 4.45. The Morgan fingerprint density at radius 2 is 1.85 bits per heavy atom. The molecule has 1 aromatic heterocycles. The van der Waals surface area contributed by atoms with E-state index in [9.17, 15) is 9.59 Å². The molecule has 0 amide bonds. The number of nitrogens with zero attached hydrogens (tertiary/aromatic N) is 2. The Morgan fingerprint density at radius 3 is 2.48 bits per heavy atom. The summed E-state index contributed by atoms with van der Waals surface area (Å²) < 4.78 is 6.57. The number of methoxy groups -OCH3 is 1. The Bertz CT molecular complexity index is 1220. The molecule has 172 valence electrons. The molecule has 7 heteroatoms. The summed E-state index contributed by atoms with van der Waals surface area (Å²) in [4.78, 5) is 26.9. The van der Waals surface area contributed by atoms with Crippen LogP contribution in [0.15, 0.2) is 59.4 Å². The van der Waals surface area contributed by atoms with E-state index in [1.54, 1.807) is 12.1 Å². The van der Waals surface area contributed by atoms with Crippen LogP contribution in [0.1, 0.15) is 45.9 Å². The van der Waals surface area contributed by atoms with Crippen molar-refractivity contribution in [2.45, 2.75) is 38.3 Å². The molecule has 0 atom stereocenters. The predicted octanol–water partition coefficient (Wildman–Crippen LogP) is 5.70. The molecule has 33 heavy (non-hydrogen) atoms. The zero-order valence-electron chi connectivity index (χ0n) is 18.7. The molecule has 1 aliphatic rings. The van der Waals surface area contributed by atoms with E-state index >= 15 is 0 Å². The maximum Gasteiger partial charge on any atom is 0.337 e. The van der Waals surface area contributed by atoms with Crippen LogP contribution in [0.5, 0.6) is 0 Å². The summed E-state index contributed by atoms with van der Waals surface area (Å²) >= 11 is 12.6. The molecule has 0 saturated heterocycles. The van der Waals surface area contributed by atoms with Gasteiger partial charge in [-0.05, 0) is 72.7 Å². The van der Waals surface area contributed by atoms with E-state index in [0.29, 0.717) is 36.0 Å². The quantitative estimate of drug-likeness (QED) is 0.384. The summed E-state index contributed by atoms with van der Waals surface area (Å²) in [7, 11) is 3.36. The Balaban J connectivity index is 1.63. The molecule has 2 aromatic carbocycles. The Kier molecular flexibility index (Phi) is 7.11. The number of halogens is 2. The summed E-state index contributed by atoms with van der Waals surface area (Å²) in [5.41, 5.74) is 4.46. The van der Waals surface area contributed by atoms with Gasteiger partial charge in [0, 0.05) is 30.0 Å². The first-order chi connectivity index (χ1) is 15.9. The van der Waals surface area contributed by atoms with Gasteiger partial charge in [0.25, 0.3) is 5.56 Å². The molecule has 0 unspecified atom stereocenters. The van der Waals surface area contributed by atoms with Crippen molar-refractivity contribution >= 4 is 34.9 Å². The fraction of sp³-hybridized carbons (Fsp3) is 0.308. The number of hydrogen-bond acceptors (Lipinski definition) is 4. The highest BCUT2D eigenvalue weighted by Crippen LogP contribution is 2.42. The predicted molar refractivity (Wildman–Crippen MR) is 133 cm³/mol. The largest absolute Gasteiger partial charge is 0.465 e. The van der Waals surface area contributed by atoms with E-state index in [-0.39, 0.29) is 16.6 Å². The lowest BCUT2D eigenvalue weighted by molar-refractivity contribution is 0.0600. The van der Waals surface area contributed by atoms with Crippen molar-refractivity contribution in [1.82, 2.24) is 4.57 Å². The first-order valence-corrected chi connectivity index (χ1v) is 11.7. The summed E-state index contributed by atoms with van der Waals surface area (Å²) in [5, 5.41) is 0.928. The molecular formula is C26H26Cl2N2O3. The summed E-state index contributed by atoms with van der Waals surface area (Å²) in [5.74, 6) is 0.0736. The van der Waals surface area contributed by atoms with Gasteiger partial charge >= 0.3 is 5.97 Å². The van der Waals surface area contributed by atoms with Crippen LogP contribution in [0.4, 0.5) is 5.69 Å². The van der Waals surface area contributed by atoms with Crippen molar-refractivity contribution in [1.29, 1.82) is 0 Å². The molecule has 0 aliphatic heterocycles. The highest BCUT2D eigenvalue weighted by atomic mass is 35.5. The second kappa shape index (κ2) is 10.0. The number of carbonyl (C=O) groups excluding carboxylic acids is 1. The average molecular weight is 485 g/mol. The first-order valence-electron chi connectivity index (χ1n) is 10.9. The number of aryl methyl sites for hydroxylation is 1. The van der Waals surface area contributed by atoms with Gasteiger partial charge in [0.05, 0.1) is 19.2 Å². The van der Waals surface area contributed by atoms with Crippen LogP contribution in [-0.2, 0) is 24.2 Å². The van der Waals surface area contributed by atoms with Crippen molar-refractivity contribution in [2.75, 3.05) is 19.1 Å². The van der Waals surface area contributed by atoms with Crippen molar-refractivity contribution in [3.05, 3.63) is 97.4 Å². The SMILES string of the molecule is COC(=O)c1ccc(CCn2c(CN(C)c3cccc(Cl)c3)c(C3CC3)cc(Cl)c2=O)cc1. The molecule has 5 nitrogen and oxygen atoms in total. The van der Waals surface area contributed by atoms with Crippen LogP contribution in [0.3, 0.4) is 0 Å². The van der Waals surface area contributed by atoms with Crippen LogP contribution in [0.25, 0.3) is 0 Å². The van der Waals surface area contributed by atoms with Crippen molar-refractivity contribution in [3.8, 4) is 0 Å². The highest BCUT2D eigenvalue weighted by molar-refractivity contribution is 6.31. The van der Waals surface area contributed by atoms with Crippen molar-refractivity contribution in [2.24, 2.45) is 0 Å². The molecule has 0 N–H and O–H groups in total. The van der Waals surface area contributed by atoms with E-state index in [1.165, 1.54) is 7.11 Å². The van der Waals surface area contributed by atoms with E-state index in [2.05, 4.69) is 4.90 Å². The first kappa shape index (κ1) is 23.4. The maximum atomic E-state index is 13.1. The second-order valence-corrected chi connectivity index (χ2v) is 9.24. The van der Waals surface area contributed by atoms with Crippen LogP contribution in [0.2, 0.25) is 10.0 Å². The molecule has 0 radical (unpaired) electrons. The molecule has 0 spiro atoms. The van der Waals surface area contributed by atoms with Gasteiger partial charge in [-0.25, -0.2) is 4.79 Å². The number of benzene rings is 2. The number of hydrogen-bond donors (Lipinski definition) is 0. The van der Waals surface area contributed by atoms with E-state index in [4.69, 9.17) is 27.9 Å². The molecule has 1 heterocycles. The zero-order chi connectivity index (χ0) is 23.5. The van der Waals surface area contributed by atoms with Gasteiger partial charge < -0.3 is 14.2 Å². The Hall–Kier alpha value is -2.76. The standard InChI is InChI=1S/C26H26Cl2N2O3/c1-29(21-5-3-4-20(27)14-21)16-24-22(18-10-11-18)15-23(28)25(31)30(24)13-12-17-6-8-19(9-7-17)26(32)33-2/h3-9,14-15,18H,10-13,16H2,1-2H3. The van der Waals surface area contributed by atoms with Gasteiger partial charge in [0.2, 0.25) is 0 Å². The van der Waals surface area contributed by atoms with Crippen LogP contribution in [0, 0.1) is 0 Å². The summed E-state index contributed by atoms with van der Waals surface area (Å²) in [6.45, 7) is 1.06. The topological polar surface area (TPSA) is 51.5 Å². The normalized spacial score (nSPS) is 13.1. The third kappa shape index (κ3) is 5.43. The monoisotopic (exact) mass is 484 g/mol. The molecule has 1 saturated carbocycles. The fourth-order valence-electron chi connectivity index (χ4n) is 4.05. The van der Waals surface area contributed by atoms with Crippen LogP contribution >= 0.6 is 23.2 Å². The molecule has 4 rings (SSSR count).